The molecule has 0 bridgehead atoms. The van der Waals surface area contributed by atoms with Gasteiger partial charge in [-0.25, -0.2) is 14.5 Å². The van der Waals surface area contributed by atoms with Crippen LogP contribution in [0.3, 0.4) is 0 Å². The van der Waals surface area contributed by atoms with E-state index >= 15 is 0 Å². The first kappa shape index (κ1) is 20.4. The van der Waals surface area contributed by atoms with Crippen LogP contribution in [0.2, 0.25) is 0 Å². The molecule has 30 heavy (non-hydrogen) atoms. The minimum absolute atomic E-state index is 0.289. The van der Waals surface area contributed by atoms with E-state index in [9.17, 15) is 0 Å². The molecule has 4 rings (SSSR count). The summed E-state index contributed by atoms with van der Waals surface area (Å²) in [4.78, 5) is 15.8. The Morgan fingerprint density at radius 1 is 1.20 bits per heavy atom. The Bertz CT molecular complexity index is 1010. The summed E-state index contributed by atoms with van der Waals surface area (Å²) in [6.07, 6.45) is 8.88. The van der Waals surface area contributed by atoms with Gasteiger partial charge in [-0.3, -0.25) is 0 Å². The number of anilines is 2. The summed E-state index contributed by atoms with van der Waals surface area (Å²) in [5.74, 6) is 2.23. The largest absolute Gasteiger partial charge is 0.462 e. The second-order valence-corrected chi connectivity index (χ2v) is 8.30. The van der Waals surface area contributed by atoms with Crippen LogP contribution in [0.15, 0.2) is 18.5 Å². The standard InChI is InChI=1S/C22H31N7O/c1-4-5-10-30-22-26-19(23)21-25-14-18(29(21)27-22)12-17-11-16(3)20(24-13-17)28-8-6-15(2)7-9-28/h11,13-15H,4-10,12H2,1-3H3,(H2,23,26,27). The number of nitrogen functional groups attached to an aromatic ring is 1. The van der Waals surface area contributed by atoms with Gasteiger partial charge in [0, 0.05) is 25.7 Å². The molecule has 0 unspecified atom stereocenters. The molecule has 0 amide bonds. The molecule has 8 heteroatoms. The van der Waals surface area contributed by atoms with Crippen LogP contribution >= 0.6 is 0 Å². The van der Waals surface area contributed by atoms with Crippen molar-refractivity contribution in [3.63, 3.8) is 0 Å². The van der Waals surface area contributed by atoms with Crippen molar-refractivity contribution in [1.82, 2.24) is 24.6 Å². The molecule has 1 aliphatic heterocycles. The zero-order valence-electron chi connectivity index (χ0n) is 18.1. The highest BCUT2D eigenvalue weighted by Gasteiger charge is 2.19. The van der Waals surface area contributed by atoms with Crippen LogP contribution in [0.4, 0.5) is 11.6 Å². The van der Waals surface area contributed by atoms with E-state index in [2.05, 4.69) is 46.8 Å². The highest BCUT2D eigenvalue weighted by molar-refractivity contribution is 5.60. The molecule has 160 valence electrons. The van der Waals surface area contributed by atoms with E-state index in [1.807, 2.05) is 6.20 Å². The van der Waals surface area contributed by atoms with Crippen molar-refractivity contribution in [1.29, 1.82) is 0 Å². The Morgan fingerprint density at radius 3 is 2.73 bits per heavy atom. The molecule has 1 saturated heterocycles. The zero-order chi connectivity index (χ0) is 21.1. The maximum absolute atomic E-state index is 6.07. The lowest BCUT2D eigenvalue weighted by atomic mass is 9.99. The normalized spacial score (nSPS) is 15.1. The molecule has 3 aromatic heterocycles. The van der Waals surface area contributed by atoms with E-state index in [0.29, 0.717) is 24.5 Å². The summed E-state index contributed by atoms with van der Waals surface area (Å²) in [7, 11) is 0. The van der Waals surface area contributed by atoms with Crippen molar-refractivity contribution in [2.24, 2.45) is 5.92 Å². The second kappa shape index (κ2) is 8.85. The zero-order valence-corrected chi connectivity index (χ0v) is 18.1. The van der Waals surface area contributed by atoms with E-state index < -0.39 is 0 Å². The molecular weight excluding hydrogens is 378 g/mol. The van der Waals surface area contributed by atoms with Crippen LogP contribution in [0.1, 0.15) is 56.4 Å². The summed E-state index contributed by atoms with van der Waals surface area (Å²) in [6.45, 7) is 9.32. The van der Waals surface area contributed by atoms with E-state index in [-0.39, 0.29) is 6.01 Å². The van der Waals surface area contributed by atoms with Crippen LogP contribution in [0.5, 0.6) is 6.01 Å². The lowest BCUT2D eigenvalue weighted by Gasteiger charge is -2.32. The smallest absolute Gasteiger partial charge is 0.336 e. The third-order valence-electron chi connectivity index (χ3n) is 5.74. The molecule has 0 saturated carbocycles. The summed E-state index contributed by atoms with van der Waals surface area (Å²) >= 11 is 0. The van der Waals surface area contributed by atoms with Crippen LogP contribution in [-0.2, 0) is 6.42 Å². The molecule has 0 aromatic carbocycles. The van der Waals surface area contributed by atoms with Gasteiger partial charge < -0.3 is 15.4 Å². The number of piperidine rings is 1. The summed E-state index contributed by atoms with van der Waals surface area (Å²) in [5, 5.41) is 4.50. The Labute approximate surface area is 177 Å². The van der Waals surface area contributed by atoms with Gasteiger partial charge in [-0.05, 0) is 43.2 Å². The lowest BCUT2D eigenvalue weighted by Crippen LogP contribution is -2.33. The molecule has 1 fully saturated rings. The van der Waals surface area contributed by atoms with Gasteiger partial charge >= 0.3 is 6.01 Å². The van der Waals surface area contributed by atoms with Crippen molar-refractivity contribution < 1.29 is 4.74 Å². The fourth-order valence-electron chi connectivity index (χ4n) is 3.90. The Morgan fingerprint density at radius 2 is 2.00 bits per heavy atom. The first-order valence-electron chi connectivity index (χ1n) is 10.9. The van der Waals surface area contributed by atoms with E-state index in [0.717, 1.165) is 48.9 Å². The molecule has 1 aliphatic rings. The molecule has 8 nitrogen and oxygen atoms in total. The second-order valence-electron chi connectivity index (χ2n) is 8.30. The number of pyridine rings is 1. The maximum Gasteiger partial charge on any atom is 0.336 e. The molecule has 2 N–H and O–H groups in total. The Balaban J connectivity index is 1.54. The third kappa shape index (κ3) is 4.32. The minimum Gasteiger partial charge on any atom is -0.462 e. The van der Waals surface area contributed by atoms with Gasteiger partial charge in [0.15, 0.2) is 11.5 Å². The molecule has 4 heterocycles. The molecule has 0 atom stereocenters. The predicted molar refractivity (Wildman–Crippen MR) is 118 cm³/mol. The van der Waals surface area contributed by atoms with E-state index in [1.54, 1.807) is 10.7 Å². The maximum atomic E-state index is 6.07. The monoisotopic (exact) mass is 409 g/mol. The van der Waals surface area contributed by atoms with Crippen LogP contribution in [0.25, 0.3) is 5.65 Å². The van der Waals surface area contributed by atoms with Crippen molar-refractivity contribution in [3.8, 4) is 6.01 Å². The van der Waals surface area contributed by atoms with Gasteiger partial charge in [0.25, 0.3) is 0 Å². The van der Waals surface area contributed by atoms with Gasteiger partial charge in [-0.15, -0.1) is 5.10 Å². The summed E-state index contributed by atoms with van der Waals surface area (Å²) < 4.78 is 7.39. The first-order valence-corrected chi connectivity index (χ1v) is 10.9. The number of fused-ring (bicyclic) bond motifs is 1. The van der Waals surface area contributed by atoms with Gasteiger partial charge in [-0.2, -0.15) is 4.98 Å². The molecule has 0 spiro atoms. The van der Waals surface area contributed by atoms with E-state index in [4.69, 9.17) is 15.5 Å². The van der Waals surface area contributed by atoms with Crippen LogP contribution in [-0.4, -0.2) is 44.3 Å². The van der Waals surface area contributed by atoms with Crippen molar-refractivity contribution in [2.75, 3.05) is 30.3 Å². The van der Waals surface area contributed by atoms with Crippen LogP contribution in [0, 0.1) is 12.8 Å². The van der Waals surface area contributed by atoms with Crippen molar-refractivity contribution in [2.45, 2.75) is 52.9 Å². The van der Waals surface area contributed by atoms with Crippen LogP contribution < -0.4 is 15.4 Å². The highest BCUT2D eigenvalue weighted by Crippen LogP contribution is 2.25. The summed E-state index contributed by atoms with van der Waals surface area (Å²) in [5.41, 5.74) is 9.88. The first-order chi connectivity index (χ1) is 14.5. The average Bonchev–Trinajstić information content (AvgIpc) is 3.12. The minimum atomic E-state index is 0.289. The molecule has 0 radical (unpaired) electrons. The number of rotatable bonds is 7. The number of aryl methyl sites for hydroxylation is 1. The van der Waals surface area contributed by atoms with Gasteiger partial charge in [0.1, 0.15) is 5.82 Å². The Kier molecular flexibility index (Phi) is 6.01. The quantitative estimate of drug-likeness (QED) is 0.598. The summed E-state index contributed by atoms with van der Waals surface area (Å²) in [6, 6.07) is 2.50. The van der Waals surface area contributed by atoms with Crippen molar-refractivity contribution >= 4 is 17.3 Å². The SMILES string of the molecule is CCCCOc1nc(N)c2ncc(Cc3cnc(N4CCC(C)CC4)c(C)c3)n2n1. The number of nitrogens with zero attached hydrogens (tertiary/aromatic N) is 6. The number of imidazole rings is 1. The van der Waals surface area contributed by atoms with Crippen molar-refractivity contribution in [3.05, 3.63) is 35.3 Å². The number of aromatic nitrogens is 5. The topological polar surface area (TPSA) is 94.5 Å². The lowest BCUT2D eigenvalue weighted by molar-refractivity contribution is 0.280. The Hall–Kier alpha value is -2.90. The molecule has 0 aliphatic carbocycles. The number of ether oxygens (including phenoxy) is 1. The average molecular weight is 410 g/mol. The van der Waals surface area contributed by atoms with Gasteiger partial charge in [-0.1, -0.05) is 26.3 Å². The molecule has 3 aromatic rings. The van der Waals surface area contributed by atoms with E-state index in [1.165, 1.54) is 18.4 Å². The fraction of sp³-hybridized carbons (Fsp3) is 0.545. The number of hydrogen-bond acceptors (Lipinski definition) is 7. The van der Waals surface area contributed by atoms with Gasteiger partial charge in [0.05, 0.1) is 18.5 Å². The number of unbranched alkanes of at least 4 members (excludes halogenated alkanes) is 1. The number of hydrogen-bond donors (Lipinski definition) is 1. The molecular formula is C22H31N7O. The van der Waals surface area contributed by atoms with Gasteiger partial charge in [0.2, 0.25) is 0 Å². The highest BCUT2D eigenvalue weighted by atomic mass is 16.5. The third-order valence-corrected chi connectivity index (χ3v) is 5.74. The fourth-order valence-corrected chi connectivity index (χ4v) is 3.90. The number of nitrogens with two attached hydrogens (primary N) is 1. The predicted octanol–water partition coefficient (Wildman–Crippen LogP) is 3.42.